The first-order chi connectivity index (χ1) is 15.0. The van der Waals surface area contributed by atoms with Crippen LogP contribution in [0, 0.1) is 0 Å². The smallest absolute Gasteiger partial charge is 0.228 e. The number of rotatable bonds is 7. The summed E-state index contributed by atoms with van der Waals surface area (Å²) in [6.07, 6.45) is 2.14. The maximum absolute atomic E-state index is 12.5. The number of carbonyl (C=O) groups is 1. The molecular weight excluding hydrogens is 422 g/mol. The molecule has 1 N–H and O–H groups in total. The minimum Gasteiger partial charge on any atom is -0.326 e. The number of anilines is 1. The molecule has 0 atom stereocenters. The molecule has 0 spiro atoms. The minimum atomic E-state index is -0.244. The van der Waals surface area contributed by atoms with Crippen molar-refractivity contribution >= 4 is 45.0 Å². The molecule has 4 rings (SSSR count). The number of carbonyl (C=O) groups excluding carboxylic acids is 1. The summed E-state index contributed by atoms with van der Waals surface area (Å²) in [6.45, 7) is 6.46. The van der Waals surface area contributed by atoms with Crippen LogP contribution in [0.2, 0.25) is 0 Å². The topological polar surface area (TPSA) is 54.9 Å². The van der Waals surface area contributed by atoms with Gasteiger partial charge < -0.3 is 5.32 Å². The summed E-state index contributed by atoms with van der Waals surface area (Å²) in [5, 5.41) is 4.03. The molecule has 4 nitrogen and oxygen atoms in total. The van der Waals surface area contributed by atoms with Gasteiger partial charge in [0.2, 0.25) is 5.91 Å². The summed E-state index contributed by atoms with van der Waals surface area (Å²) < 4.78 is 1.09. The van der Waals surface area contributed by atoms with Crippen molar-refractivity contribution in [2.45, 2.75) is 37.5 Å². The van der Waals surface area contributed by atoms with Crippen LogP contribution in [0.25, 0.3) is 10.3 Å². The number of nitrogens with one attached hydrogen (secondary N) is 1. The molecular formula is C25H25N3OS2. The quantitative estimate of drug-likeness (QED) is 0.337. The van der Waals surface area contributed by atoms with Crippen LogP contribution in [-0.2, 0) is 16.6 Å². The Morgan fingerprint density at radius 1 is 1.06 bits per heavy atom. The zero-order valence-electron chi connectivity index (χ0n) is 17.9. The van der Waals surface area contributed by atoms with Crippen LogP contribution >= 0.6 is 23.1 Å². The SMILES string of the molecule is CCSc1ccc(CC(=O)Nc2ccc(C(C)(C)c3nc4ncccc4s3)cc2)cc1. The predicted octanol–water partition coefficient (Wildman–Crippen LogP) is 6.31. The molecule has 1 amide bonds. The fourth-order valence-corrected chi connectivity index (χ4v) is 5.10. The Kier molecular flexibility index (Phi) is 6.39. The van der Waals surface area contributed by atoms with Gasteiger partial charge in [-0.1, -0.05) is 31.2 Å². The predicted molar refractivity (Wildman–Crippen MR) is 131 cm³/mol. The lowest BCUT2D eigenvalue weighted by Crippen LogP contribution is -2.19. The summed E-state index contributed by atoms with van der Waals surface area (Å²) >= 11 is 3.47. The molecule has 0 radical (unpaired) electrons. The highest BCUT2D eigenvalue weighted by molar-refractivity contribution is 7.99. The van der Waals surface area contributed by atoms with E-state index >= 15 is 0 Å². The van der Waals surface area contributed by atoms with Gasteiger partial charge in [-0.15, -0.1) is 23.1 Å². The molecule has 158 valence electrons. The van der Waals surface area contributed by atoms with Crippen LogP contribution in [0.1, 0.15) is 36.9 Å². The third-order valence-electron chi connectivity index (χ3n) is 5.19. The van der Waals surface area contributed by atoms with Gasteiger partial charge in [0.15, 0.2) is 5.65 Å². The van der Waals surface area contributed by atoms with Gasteiger partial charge in [0, 0.05) is 22.2 Å². The molecule has 31 heavy (non-hydrogen) atoms. The van der Waals surface area contributed by atoms with Gasteiger partial charge in [-0.2, -0.15) is 0 Å². The van der Waals surface area contributed by atoms with Gasteiger partial charge in [0.25, 0.3) is 0 Å². The van der Waals surface area contributed by atoms with Crippen molar-refractivity contribution in [3.05, 3.63) is 83.0 Å². The molecule has 6 heteroatoms. The van der Waals surface area contributed by atoms with Crippen molar-refractivity contribution in [1.29, 1.82) is 0 Å². The molecule has 0 saturated heterocycles. The normalized spacial score (nSPS) is 11.6. The first kappa shape index (κ1) is 21.5. The number of thiazole rings is 1. The van der Waals surface area contributed by atoms with E-state index in [9.17, 15) is 4.79 Å². The summed E-state index contributed by atoms with van der Waals surface area (Å²) in [4.78, 5) is 22.8. The Bertz CT molecular complexity index is 1150. The molecule has 0 unspecified atom stereocenters. The van der Waals surface area contributed by atoms with E-state index in [1.54, 1.807) is 29.3 Å². The van der Waals surface area contributed by atoms with Crippen molar-refractivity contribution < 1.29 is 4.79 Å². The molecule has 0 aliphatic rings. The third kappa shape index (κ3) is 4.97. The number of nitrogens with zero attached hydrogens (tertiary/aromatic N) is 2. The first-order valence-electron chi connectivity index (χ1n) is 10.3. The number of hydrogen-bond acceptors (Lipinski definition) is 5. The van der Waals surface area contributed by atoms with Crippen molar-refractivity contribution in [2.75, 3.05) is 11.1 Å². The Balaban J connectivity index is 1.43. The molecule has 0 bridgehead atoms. The van der Waals surface area contributed by atoms with Gasteiger partial charge >= 0.3 is 0 Å². The lowest BCUT2D eigenvalue weighted by molar-refractivity contribution is -0.115. The fraction of sp³-hybridized carbons (Fsp3) is 0.240. The summed E-state index contributed by atoms with van der Waals surface area (Å²) in [7, 11) is 0. The van der Waals surface area contributed by atoms with Crippen molar-refractivity contribution in [2.24, 2.45) is 0 Å². The number of hydrogen-bond donors (Lipinski definition) is 1. The molecule has 2 heterocycles. The second-order valence-electron chi connectivity index (χ2n) is 7.85. The van der Waals surface area contributed by atoms with Crippen molar-refractivity contribution in [3.8, 4) is 0 Å². The van der Waals surface area contributed by atoms with Crippen molar-refractivity contribution in [3.63, 3.8) is 0 Å². The van der Waals surface area contributed by atoms with Crippen LogP contribution in [0.5, 0.6) is 0 Å². The van der Waals surface area contributed by atoms with Gasteiger partial charge in [0.05, 0.1) is 11.1 Å². The average Bonchev–Trinajstić information content (AvgIpc) is 3.21. The van der Waals surface area contributed by atoms with E-state index in [0.29, 0.717) is 6.42 Å². The summed E-state index contributed by atoms with van der Waals surface area (Å²) in [6, 6.07) is 20.2. The number of amides is 1. The minimum absolute atomic E-state index is 0.0137. The standard InChI is InChI=1S/C25H25N3OS2/c1-4-30-20-13-7-17(8-14-20)16-22(29)27-19-11-9-18(10-12-19)25(2,3)24-28-23-21(31-24)6-5-15-26-23/h5-15H,4,16H2,1-3H3,(H,27,29). The van der Waals surface area contributed by atoms with Gasteiger partial charge in [-0.3, -0.25) is 4.79 Å². The molecule has 0 aliphatic heterocycles. The average molecular weight is 448 g/mol. The monoisotopic (exact) mass is 447 g/mol. The lowest BCUT2D eigenvalue weighted by Gasteiger charge is -2.22. The molecule has 0 aliphatic carbocycles. The summed E-state index contributed by atoms with van der Waals surface area (Å²) in [5.74, 6) is 1.03. The number of fused-ring (bicyclic) bond motifs is 1. The highest BCUT2D eigenvalue weighted by Crippen LogP contribution is 2.36. The maximum Gasteiger partial charge on any atom is 0.228 e. The molecule has 2 aromatic heterocycles. The van der Waals surface area contributed by atoms with E-state index in [-0.39, 0.29) is 11.3 Å². The highest BCUT2D eigenvalue weighted by Gasteiger charge is 2.27. The second-order valence-corrected chi connectivity index (χ2v) is 10.2. The number of pyridine rings is 1. The van der Waals surface area contributed by atoms with Gasteiger partial charge in [0.1, 0.15) is 5.01 Å². The van der Waals surface area contributed by atoms with E-state index in [1.807, 2.05) is 36.4 Å². The Morgan fingerprint density at radius 3 is 2.48 bits per heavy atom. The zero-order valence-corrected chi connectivity index (χ0v) is 19.5. The van der Waals surface area contributed by atoms with Crippen LogP contribution < -0.4 is 5.32 Å². The highest BCUT2D eigenvalue weighted by atomic mass is 32.2. The van der Waals surface area contributed by atoms with E-state index in [4.69, 9.17) is 4.98 Å². The van der Waals surface area contributed by atoms with Gasteiger partial charge in [-0.25, -0.2) is 9.97 Å². The first-order valence-corrected chi connectivity index (χ1v) is 12.1. The Hall–Kier alpha value is -2.70. The molecule has 0 fully saturated rings. The van der Waals surface area contributed by atoms with Crippen LogP contribution in [0.4, 0.5) is 5.69 Å². The molecule has 2 aromatic carbocycles. The largest absolute Gasteiger partial charge is 0.326 e. The van der Waals surface area contributed by atoms with Crippen molar-refractivity contribution in [1.82, 2.24) is 9.97 Å². The van der Waals surface area contributed by atoms with Gasteiger partial charge in [-0.05, 0) is 67.1 Å². The van der Waals surface area contributed by atoms with Crippen LogP contribution in [-0.4, -0.2) is 21.6 Å². The maximum atomic E-state index is 12.5. The van der Waals surface area contributed by atoms with Crippen LogP contribution in [0.3, 0.4) is 0 Å². The van der Waals surface area contributed by atoms with E-state index < -0.39 is 0 Å². The molecule has 4 aromatic rings. The second kappa shape index (κ2) is 9.20. The van der Waals surface area contributed by atoms with E-state index in [1.165, 1.54) is 4.90 Å². The lowest BCUT2D eigenvalue weighted by atomic mass is 9.85. The molecule has 0 saturated carbocycles. The van der Waals surface area contributed by atoms with E-state index in [2.05, 4.69) is 55.3 Å². The third-order valence-corrected chi connectivity index (χ3v) is 7.42. The Morgan fingerprint density at radius 2 is 1.81 bits per heavy atom. The summed E-state index contributed by atoms with van der Waals surface area (Å²) in [5.41, 5.74) is 3.51. The Labute approximate surface area is 191 Å². The van der Waals surface area contributed by atoms with E-state index in [0.717, 1.165) is 37.9 Å². The van der Waals surface area contributed by atoms with Crippen LogP contribution in [0.15, 0.2) is 71.8 Å². The fourth-order valence-electron chi connectivity index (χ4n) is 3.39. The number of aromatic nitrogens is 2. The number of benzene rings is 2. The number of thioether (sulfide) groups is 1. The zero-order chi connectivity index (χ0) is 21.8.